The lowest BCUT2D eigenvalue weighted by Gasteiger charge is -2.02. The Labute approximate surface area is 135 Å². The van der Waals surface area contributed by atoms with Crippen LogP contribution in [-0.4, -0.2) is 16.3 Å². The highest BCUT2D eigenvalue weighted by Gasteiger charge is 2.04. The van der Waals surface area contributed by atoms with E-state index in [2.05, 4.69) is 17.2 Å². The van der Waals surface area contributed by atoms with Gasteiger partial charge in [0.25, 0.3) is 0 Å². The van der Waals surface area contributed by atoms with Crippen molar-refractivity contribution in [3.8, 4) is 16.8 Å². The van der Waals surface area contributed by atoms with Crippen molar-refractivity contribution in [3.05, 3.63) is 72.3 Å². The Morgan fingerprint density at radius 3 is 2.55 bits per heavy atom. The van der Waals surface area contributed by atoms with Gasteiger partial charge in [-0.1, -0.05) is 24.3 Å². The van der Waals surface area contributed by atoms with Gasteiger partial charge in [0.05, 0.1) is 11.9 Å². The summed E-state index contributed by atoms with van der Waals surface area (Å²) in [4.78, 5) is 0. The minimum Gasteiger partial charge on any atom is -0.330 e. The van der Waals surface area contributed by atoms with Crippen molar-refractivity contribution in [2.24, 2.45) is 5.73 Å². The molecule has 0 aliphatic rings. The molecule has 2 N–H and O–H groups in total. The highest BCUT2D eigenvalue weighted by molar-refractivity contribution is 5.85. The molecule has 2 aromatic carbocycles. The van der Waals surface area contributed by atoms with Gasteiger partial charge in [-0.15, -0.1) is 12.4 Å². The molecule has 1 heterocycles. The predicted octanol–water partition coefficient (Wildman–Crippen LogP) is 3.60. The zero-order valence-corrected chi connectivity index (χ0v) is 12.8. The monoisotopic (exact) mass is 317 g/mol. The molecule has 114 valence electrons. The number of nitrogens with zero attached hydrogens (tertiary/aromatic N) is 2. The molecule has 0 spiro atoms. The molecule has 3 rings (SSSR count). The summed E-state index contributed by atoms with van der Waals surface area (Å²) in [6.45, 7) is 0.637. The first kappa shape index (κ1) is 16.2. The zero-order valence-electron chi connectivity index (χ0n) is 11.9. The number of hydrogen-bond donors (Lipinski definition) is 1. The normalized spacial score (nSPS) is 10.3. The summed E-state index contributed by atoms with van der Waals surface area (Å²) in [5, 5.41) is 4.34. The molecule has 0 radical (unpaired) electrons. The van der Waals surface area contributed by atoms with Crippen LogP contribution in [0.2, 0.25) is 0 Å². The van der Waals surface area contributed by atoms with Crippen molar-refractivity contribution in [1.82, 2.24) is 9.78 Å². The molecule has 0 aliphatic carbocycles. The first-order valence-corrected chi connectivity index (χ1v) is 6.86. The summed E-state index contributed by atoms with van der Waals surface area (Å²) in [7, 11) is 0. The summed E-state index contributed by atoms with van der Waals surface area (Å²) in [5.74, 6) is -0.249. The van der Waals surface area contributed by atoms with Crippen molar-refractivity contribution in [2.75, 3.05) is 6.54 Å². The van der Waals surface area contributed by atoms with Crippen molar-refractivity contribution >= 4 is 12.4 Å². The molecular weight excluding hydrogens is 301 g/mol. The zero-order chi connectivity index (χ0) is 14.7. The number of nitrogens with two attached hydrogens (primary N) is 1. The maximum absolute atomic E-state index is 12.9. The Morgan fingerprint density at radius 2 is 1.82 bits per heavy atom. The van der Waals surface area contributed by atoms with Crippen molar-refractivity contribution in [2.45, 2.75) is 6.42 Å². The first-order valence-electron chi connectivity index (χ1n) is 6.86. The van der Waals surface area contributed by atoms with E-state index in [0.29, 0.717) is 6.54 Å². The van der Waals surface area contributed by atoms with Gasteiger partial charge in [0, 0.05) is 11.8 Å². The van der Waals surface area contributed by atoms with E-state index in [1.165, 1.54) is 17.7 Å². The SMILES string of the molecule is Cl.NCCc1cccc(-c2cnn(-c3ccc(F)cc3)c2)c1. The highest BCUT2D eigenvalue weighted by atomic mass is 35.5. The van der Waals surface area contributed by atoms with Crippen LogP contribution in [0, 0.1) is 5.82 Å². The molecule has 0 saturated heterocycles. The van der Waals surface area contributed by atoms with E-state index >= 15 is 0 Å². The van der Waals surface area contributed by atoms with Crippen LogP contribution in [0.15, 0.2) is 60.9 Å². The lowest BCUT2D eigenvalue weighted by atomic mass is 10.0. The minimum absolute atomic E-state index is 0. The van der Waals surface area contributed by atoms with E-state index in [4.69, 9.17) is 5.73 Å². The van der Waals surface area contributed by atoms with Crippen LogP contribution >= 0.6 is 12.4 Å². The molecule has 0 saturated carbocycles. The molecule has 3 aromatic rings. The molecule has 0 amide bonds. The van der Waals surface area contributed by atoms with Gasteiger partial charge in [-0.2, -0.15) is 5.10 Å². The van der Waals surface area contributed by atoms with Crippen LogP contribution < -0.4 is 5.73 Å². The smallest absolute Gasteiger partial charge is 0.123 e. The molecule has 0 unspecified atom stereocenters. The van der Waals surface area contributed by atoms with Gasteiger partial charge in [-0.3, -0.25) is 0 Å². The van der Waals surface area contributed by atoms with E-state index in [1.54, 1.807) is 16.8 Å². The second-order valence-electron chi connectivity index (χ2n) is 4.89. The second-order valence-corrected chi connectivity index (χ2v) is 4.89. The van der Waals surface area contributed by atoms with E-state index < -0.39 is 0 Å². The summed E-state index contributed by atoms with van der Waals surface area (Å²) in [5.41, 5.74) is 9.77. The number of hydrogen-bond acceptors (Lipinski definition) is 2. The molecule has 22 heavy (non-hydrogen) atoms. The van der Waals surface area contributed by atoms with Crippen LogP contribution in [0.4, 0.5) is 4.39 Å². The van der Waals surface area contributed by atoms with Gasteiger partial charge < -0.3 is 5.73 Å². The third-order valence-corrected chi connectivity index (χ3v) is 3.37. The standard InChI is InChI=1S/C17H16FN3.ClH/c18-16-4-6-17(7-5-16)21-12-15(11-20-21)14-3-1-2-13(10-14)8-9-19;/h1-7,10-12H,8-9,19H2;1H. The quantitative estimate of drug-likeness (QED) is 0.799. The Kier molecular flexibility index (Phi) is 5.31. The number of aromatic nitrogens is 2. The average Bonchev–Trinajstić information content (AvgIpc) is 2.98. The summed E-state index contributed by atoms with van der Waals surface area (Å²) in [6.07, 6.45) is 4.61. The van der Waals surface area contributed by atoms with Crippen molar-refractivity contribution in [1.29, 1.82) is 0 Å². The molecule has 0 bridgehead atoms. The third-order valence-electron chi connectivity index (χ3n) is 3.37. The molecule has 1 aromatic heterocycles. The molecular formula is C17H17ClFN3. The third kappa shape index (κ3) is 3.53. The Morgan fingerprint density at radius 1 is 1.05 bits per heavy atom. The fourth-order valence-electron chi connectivity index (χ4n) is 2.28. The minimum atomic E-state index is -0.249. The topological polar surface area (TPSA) is 43.8 Å². The lowest BCUT2D eigenvalue weighted by Crippen LogP contribution is -2.02. The first-order chi connectivity index (χ1) is 10.3. The van der Waals surface area contributed by atoms with Gasteiger partial charge in [-0.25, -0.2) is 9.07 Å². The highest BCUT2D eigenvalue weighted by Crippen LogP contribution is 2.21. The second kappa shape index (κ2) is 7.20. The van der Waals surface area contributed by atoms with E-state index in [9.17, 15) is 4.39 Å². The van der Waals surface area contributed by atoms with Crippen LogP contribution in [0.1, 0.15) is 5.56 Å². The number of benzene rings is 2. The lowest BCUT2D eigenvalue weighted by molar-refractivity contribution is 0.627. The Bertz CT molecular complexity index is 738. The van der Waals surface area contributed by atoms with Crippen LogP contribution in [0.25, 0.3) is 16.8 Å². The Balaban J connectivity index is 0.00000176. The van der Waals surface area contributed by atoms with Gasteiger partial charge in [0.15, 0.2) is 0 Å². The average molecular weight is 318 g/mol. The summed E-state index contributed by atoms with van der Waals surface area (Å²) in [6, 6.07) is 14.5. The van der Waals surface area contributed by atoms with E-state index in [-0.39, 0.29) is 18.2 Å². The molecule has 0 fully saturated rings. The van der Waals surface area contributed by atoms with Crippen LogP contribution in [0.3, 0.4) is 0 Å². The fraction of sp³-hybridized carbons (Fsp3) is 0.118. The maximum atomic E-state index is 12.9. The maximum Gasteiger partial charge on any atom is 0.123 e. The molecule has 5 heteroatoms. The van der Waals surface area contributed by atoms with E-state index in [0.717, 1.165) is 23.2 Å². The van der Waals surface area contributed by atoms with Gasteiger partial charge in [0.1, 0.15) is 5.82 Å². The van der Waals surface area contributed by atoms with Crippen LogP contribution in [0.5, 0.6) is 0 Å². The van der Waals surface area contributed by atoms with Crippen molar-refractivity contribution in [3.63, 3.8) is 0 Å². The largest absolute Gasteiger partial charge is 0.330 e. The van der Waals surface area contributed by atoms with Gasteiger partial charge in [-0.05, 0) is 48.4 Å². The predicted molar refractivity (Wildman–Crippen MR) is 89.0 cm³/mol. The van der Waals surface area contributed by atoms with Crippen LogP contribution in [-0.2, 0) is 6.42 Å². The fourth-order valence-corrected chi connectivity index (χ4v) is 2.28. The molecule has 0 atom stereocenters. The Hall–Kier alpha value is -2.17. The molecule has 0 aliphatic heterocycles. The van der Waals surface area contributed by atoms with Gasteiger partial charge >= 0.3 is 0 Å². The van der Waals surface area contributed by atoms with E-state index in [1.807, 2.05) is 24.5 Å². The molecule has 3 nitrogen and oxygen atoms in total. The number of halogens is 2. The summed E-state index contributed by atoms with van der Waals surface area (Å²) >= 11 is 0. The number of rotatable bonds is 4. The van der Waals surface area contributed by atoms with Gasteiger partial charge in [0.2, 0.25) is 0 Å². The van der Waals surface area contributed by atoms with Crippen molar-refractivity contribution < 1.29 is 4.39 Å². The summed E-state index contributed by atoms with van der Waals surface area (Å²) < 4.78 is 14.7.